The molecule has 3 atom stereocenters. The highest BCUT2D eigenvalue weighted by Crippen LogP contribution is 2.31. The lowest BCUT2D eigenvalue weighted by molar-refractivity contribution is -0.147. The van der Waals surface area contributed by atoms with Gasteiger partial charge in [0.1, 0.15) is 24.2 Å². The number of hydrogen-bond donors (Lipinski definition) is 3. The lowest BCUT2D eigenvalue weighted by Crippen LogP contribution is -2.56. The number of amides is 4. The van der Waals surface area contributed by atoms with Gasteiger partial charge in [-0.2, -0.15) is 0 Å². The molecule has 0 saturated carbocycles. The molecule has 11 nitrogen and oxygen atoms in total. The lowest BCUT2D eigenvalue weighted by Gasteiger charge is -2.39. The predicted molar refractivity (Wildman–Crippen MR) is 137 cm³/mol. The molecule has 0 radical (unpaired) electrons. The van der Waals surface area contributed by atoms with Crippen LogP contribution in [0.5, 0.6) is 0 Å². The van der Waals surface area contributed by atoms with Gasteiger partial charge in [0.05, 0.1) is 13.5 Å². The maximum atomic E-state index is 14.0. The first kappa shape index (κ1) is 31.4. The second-order valence-corrected chi connectivity index (χ2v) is 9.87. The molecule has 0 aliphatic carbocycles. The zero-order valence-electron chi connectivity index (χ0n) is 23.0. The number of esters is 1. The van der Waals surface area contributed by atoms with Gasteiger partial charge >= 0.3 is 12.1 Å². The molecule has 1 aromatic rings. The van der Waals surface area contributed by atoms with Crippen molar-refractivity contribution < 1.29 is 33.4 Å². The number of methoxy groups -OCH3 is 1. The Kier molecular flexibility index (Phi) is 11.6. The molecule has 3 unspecified atom stereocenters. The number of aryl methyl sites for hydroxylation is 2. The molecule has 0 saturated heterocycles. The van der Waals surface area contributed by atoms with Crippen molar-refractivity contribution in [3.05, 3.63) is 34.9 Å². The smallest absolute Gasteiger partial charge is 0.408 e. The summed E-state index contributed by atoms with van der Waals surface area (Å²) < 4.78 is 9.90. The Bertz CT molecular complexity index is 983. The normalized spacial score (nSPS) is 13.5. The Labute approximate surface area is 218 Å². The van der Waals surface area contributed by atoms with Crippen molar-refractivity contribution in [2.45, 2.75) is 85.0 Å². The number of benzene rings is 1. The summed E-state index contributed by atoms with van der Waals surface area (Å²) in [5.41, 5.74) is 6.60. The molecule has 0 heterocycles. The van der Waals surface area contributed by atoms with E-state index in [4.69, 9.17) is 10.5 Å². The van der Waals surface area contributed by atoms with Crippen LogP contribution in [-0.2, 0) is 28.7 Å². The van der Waals surface area contributed by atoms with E-state index in [0.717, 1.165) is 11.1 Å². The average molecular weight is 521 g/mol. The number of alkyl carbamates (subject to hydrolysis) is 1. The number of nitrogens with two attached hydrogens (primary N) is 1. The van der Waals surface area contributed by atoms with Crippen LogP contribution in [0.3, 0.4) is 0 Å². The van der Waals surface area contributed by atoms with Crippen molar-refractivity contribution in [3.63, 3.8) is 0 Å². The Morgan fingerprint density at radius 1 is 1.08 bits per heavy atom. The molecule has 37 heavy (non-hydrogen) atoms. The number of primary amides is 1. The van der Waals surface area contributed by atoms with Gasteiger partial charge in [-0.1, -0.05) is 25.1 Å². The van der Waals surface area contributed by atoms with Gasteiger partial charge in [-0.05, 0) is 64.7 Å². The third-order valence-corrected chi connectivity index (χ3v) is 5.69. The molecule has 0 aromatic heterocycles. The largest absolute Gasteiger partial charge is 0.468 e. The van der Waals surface area contributed by atoms with Crippen LogP contribution in [0.2, 0.25) is 0 Å². The predicted octanol–water partition coefficient (Wildman–Crippen LogP) is 2.03. The van der Waals surface area contributed by atoms with Crippen molar-refractivity contribution in [1.29, 1.82) is 0 Å². The van der Waals surface area contributed by atoms with E-state index in [1.165, 1.54) is 12.0 Å². The molecule has 4 N–H and O–H groups in total. The third kappa shape index (κ3) is 9.40. The van der Waals surface area contributed by atoms with Crippen molar-refractivity contribution in [2.75, 3.05) is 13.7 Å². The molecule has 11 heteroatoms. The number of rotatable bonds is 11. The van der Waals surface area contributed by atoms with E-state index in [0.29, 0.717) is 12.0 Å². The van der Waals surface area contributed by atoms with Crippen molar-refractivity contribution >= 4 is 29.8 Å². The minimum Gasteiger partial charge on any atom is -0.468 e. The first-order chi connectivity index (χ1) is 17.1. The van der Waals surface area contributed by atoms with E-state index < -0.39 is 66.5 Å². The molecular weight excluding hydrogens is 480 g/mol. The molecule has 206 valence electrons. The van der Waals surface area contributed by atoms with Gasteiger partial charge in [0.25, 0.3) is 0 Å². The highest BCUT2D eigenvalue weighted by molar-refractivity contribution is 5.95. The lowest BCUT2D eigenvalue weighted by atomic mass is 9.92. The first-order valence-corrected chi connectivity index (χ1v) is 12.1. The summed E-state index contributed by atoms with van der Waals surface area (Å²) in [6.45, 7) is 11.8. The van der Waals surface area contributed by atoms with Gasteiger partial charge in [-0.3, -0.25) is 19.2 Å². The van der Waals surface area contributed by atoms with Crippen molar-refractivity contribution in [3.8, 4) is 0 Å². The van der Waals surface area contributed by atoms with Crippen molar-refractivity contribution in [1.82, 2.24) is 15.5 Å². The maximum absolute atomic E-state index is 14.0. The van der Waals surface area contributed by atoms with Gasteiger partial charge < -0.3 is 30.7 Å². The topological polar surface area (TPSA) is 157 Å². The molecule has 1 aromatic carbocycles. The van der Waals surface area contributed by atoms with Crippen LogP contribution in [0, 0.1) is 13.8 Å². The van der Waals surface area contributed by atoms with E-state index in [-0.39, 0.29) is 0 Å². The van der Waals surface area contributed by atoms with Gasteiger partial charge in [-0.15, -0.1) is 0 Å². The molecule has 4 amide bonds. The van der Waals surface area contributed by atoms with E-state index in [9.17, 15) is 24.0 Å². The second-order valence-electron chi connectivity index (χ2n) is 9.87. The Balaban J connectivity index is 3.64. The molecule has 0 fully saturated rings. The zero-order valence-corrected chi connectivity index (χ0v) is 23.0. The van der Waals surface area contributed by atoms with Gasteiger partial charge in [-0.25, -0.2) is 4.79 Å². The third-order valence-electron chi connectivity index (χ3n) is 5.69. The summed E-state index contributed by atoms with van der Waals surface area (Å²) in [6.07, 6.45) is -0.962. The maximum Gasteiger partial charge on any atom is 0.408 e. The number of nitrogens with zero attached hydrogens (tertiary/aromatic N) is 1. The van der Waals surface area contributed by atoms with Crippen LogP contribution < -0.4 is 16.4 Å². The minimum absolute atomic E-state index is 0.403. The van der Waals surface area contributed by atoms with Crippen LogP contribution >= 0.6 is 0 Å². The van der Waals surface area contributed by atoms with E-state index in [1.807, 2.05) is 39.0 Å². The van der Waals surface area contributed by atoms with Crippen molar-refractivity contribution in [2.24, 2.45) is 5.73 Å². The molecular formula is C26H40N4O7. The Hall–Kier alpha value is -3.63. The summed E-state index contributed by atoms with van der Waals surface area (Å²) in [5.74, 6) is -2.79. The van der Waals surface area contributed by atoms with Crippen LogP contribution in [0.1, 0.15) is 70.2 Å². The fraction of sp³-hybridized carbons (Fsp3) is 0.577. The van der Waals surface area contributed by atoms with E-state index >= 15 is 0 Å². The first-order valence-electron chi connectivity index (χ1n) is 12.1. The second kappa shape index (κ2) is 13.6. The van der Waals surface area contributed by atoms with Crippen LogP contribution in [0.4, 0.5) is 4.79 Å². The molecule has 0 spiro atoms. The standard InChI is InChI=1S/C26H40N4O7/c1-9-17(4)30(24(34)18(13-19(27)31)29-25(35)37-26(5,6)7)22(23(33)28-14-20(32)36-8)21-15(2)11-10-12-16(21)3/h10-12,17-18,22H,9,13-14H2,1-8H3,(H2,27,31)(H,28,33)(H,29,35). The van der Waals surface area contributed by atoms with Crippen LogP contribution in [0.15, 0.2) is 18.2 Å². The Morgan fingerprint density at radius 3 is 2.11 bits per heavy atom. The average Bonchev–Trinajstić information content (AvgIpc) is 2.78. The SMILES string of the molecule is CCC(C)N(C(=O)C(CC(N)=O)NC(=O)OC(C)(C)C)C(C(=O)NCC(=O)OC)c1c(C)cccc1C. The van der Waals surface area contributed by atoms with Gasteiger partial charge in [0, 0.05) is 6.04 Å². The summed E-state index contributed by atoms with van der Waals surface area (Å²) in [5, 5.41) is 4.98. The molecule has 0 aliphatic rings. The van der Waals surface area contributed by atoms with E-state index in [1.54, 1.807) is 27.7 Å². The monoisotopic (exact) mass is 520 g/mol. The number of nitrogens with one attached hydrogen (secondary N) is 2. The number of ether oxygens (including phenoxy) is 2. The number of carbonyl (C=O) groups is 5. The zero-order chi connectivity index (χ0) is 28.5. The molecule has 1 rings (SSSR count). The van der Waals surface area contributed by atoms with Gasteiger partial charge in [0.2, 0.25) is 17.7 Å². The fourth-order valence-corrected chi connectivity index (χ4v) is 3.81. The molecule has 0 bridgehead atoms. The molecule has 0 aliphatic heterocycles. The van der Waals surface area contributed by atoms with Gasteiger partial charge in [0.15, 0.2) is 0 Å². The quantitative estimate of drug-likeness (QED) is 0.377. The van der Waals surface area contributed by atoms with Crippen LogP contribution in [0.25, 0.3) is 0 Å². The highest BCUT2D eigenvalue weighted by Gasteiger charge is 2.40. The minimum atomic E-state index is -1.39. The fourth-order valence-electron chi connectivity index (χ4n) is 3.81. The summed E-state index contributed by atoms with van der Waals surface area (Å²) in [4.78, 5) is 65.0. The number of carbonyl (C=O) groups excluding carboxylic acids is 5. The summed E-state index contributed by atoms with van der Waals surface area (Å²) in [6, 6.07) is 2.37. The summed E-state index contributed by atoms with van der Waals surface area (Å²) in [7, 11) is 1.20. The van der Waals surface area contributed by atoms with E-state index in [2.05, 4.69) is 15.4 Å². The Morgan fingerprint density at radius 2 is 1.65 bits per heavy atom. The number of hydrogen-bond acceptors (Lipinski definition) is 7. The summed E-state index contributed by atoms with van der Waals surface area (Å²) >= 11 is 0. The van der Waals surface area contributed by atoms with Crippen LogP contribution in [-0.4, -0.2) is 66.0 Å². The highest BCUT2D eigenvalue weighted by atomic mass is 16.6.